The fraction of sp³-hybridized carbons (Fsp3) is 0. The van der Waals surface area contributed by atoms with Crippen molar-refractivity contribution in [2.45, 2.75) is 0 Å². The summed E-state index contributed by atoms with van der Waals surface area (Å²) in [7, 11) is 0. The standard InChI is InChI=1S/C19H12N4/c20-23-22-19-8-4-1-5-16(19)13-9-10-15-14(11-13)12-21-18-7-3-2-6-17(15)18/h1-12H. The van der Waals surface area contributed by atoms with E-state index in [0.29, 0.717) is 5.69 Å². The number of rotatable bonds is 2. The smallest absolute Gasteiger partial charge is 0.0708 e. The van der Waals surface area contributed by atoms with Gasteiger partial charge < -0.3 is 0 Å². The maximum atomic E-state index is 8.73. The first kappa shape index (κ1) is 13.3. The van der Waals surface area contributed by atoms with Crippen molar-refractivity contribution < 1.29 is 0 Å². The summed E-state index contributed by atoms with van der Waals surface area (Å²) < 4.78 is 0. The van der Waals surface area contributed by atoms with E-state index >= 15 is 0 Å². The average molecular weight is 296 g/mol. The third kappa shape index (κ3) is 2.27. The van der Waals surface area contributed by atoms with Gasteiger partial charge in [-0.1, -0.05) is 59.7 Å². The maximum absolute atomic E-state index is 8.73. The summed E-state index contributed by atoms with van der Waals surface area (Å²) in [5, 5.41) is 7.15. The van der Waals surface area contributed by atoms with Gasteiger partial charge in [0.2, 0.25) is 0 Å². The molecule has 0 aliphatic carbocycles. The third-order valence-electron chi connectivity index (χ3n) is 3.96. The molecule has 0 atom stereocenters. The zero-order valence-corrected chi connectivity index (χ0v) is 12.2. The van der Waals surface area contributed by atoms with Crippen LogP contribution < -0.4 is 0 Å². The summed E-state index contributed by atoms with van der Waals surface area (Å²) in [5.41, 5.74) is 12.3. The molecule has 4 aromatic rings. The van der Waals surface area contributed by atoms with Gasteiger partial charge in [0.1, 0.15) is 0 Å². The number of fused-ring (bicyclic) bond motifs is 3. The number of para-hydroxylation sites is 1. The van der Waals surface area contributed by atoms with Gasteiger partial charge in [-0.05, 0) is 34.2 Å². The van der Waals surface area contributed by atoms with Crippen molar-refractivity contribution in [2.75, 3.05) is 0 Å². The maximum Gasteiger partial charge on any atom is 0.0708 e. The first-order valence-electron chi connectivity index (χ1n) is 7.29. The Morgan fingerprint density at radius 3 is 2.61 bits per heavy atom. The lowest BCUT2D eigenvalue weighted by Crippen LogP contribution is -1.84. The second-order valence-electron chi connectivity index (χ2n) is 5.28. The minimum absolute atomic E-state index is 0.628. The molecule has 0 aliphatic rings. The number of aromatic nitrogens is 1. The Balaban J connectivity index is 1.97. The van der Waals surface area contributed by atoms with Gasteiger partial charge >= 0.3 is 0 Å². The number of nitrogens with zero attached hydrogens (tertiary/aromatic N) is 4. The molecule has 1 aromatic heterocycles. The van der Waals surface area contributed by atoms with Crippen LogP contribution >= 0.6 is 0 Å². The zero-order chi connectivity index (χ0) is 15.6. The predicted molar refractivity (Wildman–Crippen MR) is 93.5 cm³/mol. The highest BCUT2D eigenvalue weighted by Gasteiger charge is 2.06. The molecule has 0 aliphatic heterocycles. The van der Waals surface area contributed by atoms with E-state index in [2.05, 4.69) is 39.3 Å². The van der Waals surface area contributed by atoms with Crippen LogP contribution in [0.4, 0.5) is 5.69 Å². The number of hydrogen-bond acceptors (Lipinski definition) is 2. The van der Waals surface area contributed by atoms with E-state index in [1.807, 2.05) is 48.7 Å². The van der Waals surface area contributed by atoms with E-state index in [-0.39, 0.29) is 0 Å². The van der Waals surface area contributed by atoms with Crippen molar-refractivity contribution in [3.8, 4) is 11.1 Å². The van der Waals surface area contributed by atoms with Crippen molar-refractivity contribution in [1.82, 2.24) is 4.98 Å². The van der Waals surface area contributed by atoms with Gasteiger partial charge in [-0.2, -0.15) is 0 Å². The molecule has 0 saturated heterocycles. The van der Waals surface area contributed by atoms with Gasteiger partial charge in [-0.3, -0.25) is 4.98 Å². The Hall–Kier alpha value is -3.36. The highest BCUT2D eigenvalue weighted by atomic mass is 15.1. The number of azide groups is 1. The first-order chi connectivity index (χ1) is 11.4. The van der Waals surface area contributed by atoms with Crippen LogP contribution in [0.25, 0.3) is 43.2 Å². The number of hydrogen-bond donors (Lipinski definition) is 0. The lowest BCUT2D eigenvalue weighted by Gasteiger charge is -2.08. The predicted octanol–water partition coefficient (Wildman–Crippen LogP) is 6.00. The topological polar surface area (TPSA) is 61.7 Å². The van der Waals surface area contributed by atoms with Crippen LogP contribution in [0, 0.1) is 0 Å². The molecule has 0 fully saturated rings. The van der Waals surface area contributed by atoms with Crippen LogP contribution in [0.5, 0.6) is 0 Å². The Labute approximate surface area is 132 Å². The highest BCUT2D eigenvalue weighted by Crippen LogP contribution is 2.33. The van der Waals surface area contributed by atoms with E-state index in [1.165, 1.54) is 5.39 Å². The summed E-state index contributed by atoms with van der Waals surface area (Å²) in [6.45, 7) is 0. The molecule has 23 heavy (non-hydrogen) atoms. The molecule has 4 heteroatoms. The van der Waals surface area contributed by atoms with E-state index in [9.17, 15) is 0 Å². The van der Waals surface area contributed by atoms with Crippen molar-refractivity contribution in [2.24, 2.45) is 5.11 Å². The summed E-state index contributed by atoms with van der Waals surface area (Å²) in [4.78, 5) is 7.43. The van der Waals surface area contributed by atoms with Crippen molar-refractivity contribution in [1.29, 1.82) is 0 Å². The number of benzene rings is 3. The fourth-order valence-electron chi connectivity index (χ4n) is 2.89. The van der Waals surface area contributed by atoms with E-state index in [1.54, 1.807) is 0 Å². The normalized spacial score (nSPS) is 10.6. The summed E-state index contributed by atoms with van der Waals surface area (Å²) in [6, 6.07) is 21.9. The van der Waals surface area contributed by atoms with Gasteiger partial charge in [0.15, 0.2) is 0 Å². The Kier molecular flexibility index (Phi) is 3.15. The molecule has 4 nitrogen and oxygen atoms in total. The van der Waals surface area contributed by atoms with E-state index in [0.717, 1.165) is 27.4 Å². The Bertz CT molecular complexity index is 1080. The molecule has 0 N–H and O–H groups in total. The second kappa shape index (κ2) is 5.44. The van der Waals surface area contributed by atoms with Crippen LogP contribution in [0.1, 0.15) is 0 Å². The monoisotopic (exact) mass is 296 g/mol. The minimum Gasteiger partial charge on any atom is -0.256 e. The van der Waals surface area contributed by atoms with Gasteiger partial charge in [-0.15, -0.1) is 0 Å². The minimum atomic E-state index is 0.628. The molecule has 0 amide bonds. The molecule has 0 saturated carbocycles. The lowest BCUT2D eigenvalue weighted by molar-refractivity contribution is 1.44. The molecule has 0 unspecified atom stereocenters. The summed E-state index contributed by atoms with van der Waals surface area (Å²) in [6.07, 6.45) is 1.89. The zero-order valence-electron chi connectivity index (χ0n) is 12.2. The number of pyridine rings is 1. The highest BCUT2D eigenvalue weighted by molar-refractivity contribution is 6.06. The van der Waals surface area contributed by atoms with Crippen LogP contribution in [0.2, 0.25) is 0 Å². The quantitative estimate of drug-likeness (QED) is 0.194. The van der Waals surface area contributed by atoms with Crippen molar-refractivity contribution in [3.63, 3.8) is 0 Å². The summed E-state index contributed by atoms with van der Waals surface area (Å²) in [5.74, 6) is 0. The van der Waals surface area contributed by atoms with Crippen molar-refractivity contribution in [3.05, 3.63) is 83.4 Å². The Morgan fingerprint density at radius 2 is 1.70 bits per heavy atom. The molecular weight excluding hydrogens is 284 g/mol. The SMILES string of the molecule is [N-]=[N+]=Nc1ccccc1-c1ccc2c(cnc3ccccc32)c1. The van der Waals surface area contributed by atoms with Gasteiger partial charge in [0, 0.05) is 27.6 Å². The molecule has 108 valence electrons. The van der Waals surface area contributed by atoms with Crippen LogP contribution in [0.15, 0.2) is 78.0 Å². The van der Waals surface area contributed by atoms with Gasteiger partial charge in [0.25, 0.3) is 0 Å². The van der Waals surface area contributed by atoms with Gasteiger partial charge in [-0.25, -0.2) is 0 Å². The van der Waals surface area contributed by atoms with Crippen LogP contribution in [-0.4, -0.2) is 4.98 Å². The molecule has 0 bridgehead atoms. The molecule has 4 rings (SSSR count). The average Bonchev–Trinajstić information content (AvgIpc) is 2.62. The molecule has 1 heterocycles. The summed E-state index contributed by atoms with van der Waals surface area (Å²) >= 11 is 0. The third-order valence-corrected chi connectivity index (χ3v) is 3.96. The fourth-order valence-corrected chi connectivity index (χ4v) is 2.89. The largest absolute Gasteiger partial charge is 0.256 e. The Morgan fingerprint density at radius 1 is 0.870 bits per heavy atom. The van der Waals surface area contributed by atoms with Crippen LogP contribution in [-0.2, 0) is 0 Å². The van der Waals surface area contributed by atoms with Crippen LogP contribution in [0.3, 0.4) is 0 Å². The molecule has 0 spiro atoms. The molecule has 0 radical (unpaired) electrons. The first-order valence-corrected chi connectivity index (χ1v) is 7.29. The van der Waals surface area contributed by atoms with E-state index in [4.69, 9.17) is 5.53 Å². The molecule has 3 aromatic carbocycles. The lowest BCUT2D eigenvalue weighted by atomic mass is 9.99. The molecular formula is C19H12N4. The van der Waals surface area contributed by atoms with Crippen molar-refractivity contribution >= 4 is 27.4 Å². The van der Waals surface area contributed by atoms with E-state index < -0.39 is 0 Å². The van der Waals surface area contributed by atoms with Gasteiger partial charge in [0.05, 0.1) is 5.52 Å². The second-order valence-corrected chi connectivity index (χ2v) is 5.28.